The summed E-state index contributed by atoms with van der Waals surface area (Å²) in [6.45, 7) is 3.09. The Morgan fingerprint density at radius 3 is 2.21 bits per heavy atom. The highest BCUT2D eigenvalue weighted by molar-refractivity contribution is 5.83. The van der Waals surface area contributed by atoms with Gasteiger partial charge in [-0.3, -0.25) is 5.21 Å². The molecule has 1 unspecified atom stereocenters. The zero-order chi connectivity index (χ0) is 18.4. The molecule has 0 heterocycles. The molecule has 1 aromatic carbocycles. The standard InChI is InChI=1S/C14H17N2O8/c1-7(2)10(12(17)18)15-14(21)24-11(13(19)20)8-5-3-4-6-9(8)16(22)23/h3-7,10-11,22H,1-2H3,(H,15,21)(H,17,18)(H,19,20)/q-1/t10-,11?/m0/s1. The van der Waals surface area contributed by atoms with Gasteiger partial charge in [0.05, 0.1) is 5.69 Å². The Morgan fingerprint density at radius 2 is 1.75 bits per heavy atom. The molecule has 0 aliphatic heterocycles. The lowest BCUT2D eigenvalue weighted by atomic mass is 10.1. The van der Waals surface area contributed by atoms with Gasteiger partial charge in [-0.2, -0.15) is 0 Å². The monoisotopic (exact) mass is 341 g/mol. The average Bonchev–Trinajstić information content (AvgIpc) is 2.49. The van der Waals surface area contributed by atoms with Gasteiger partial charge in [-0.25, -0.2) is 14.4 Å². The molecule has 1 rings (SSSR count). The molecule has 0 bridgehead atoms. The number of ether oxygens (including phenoxy) is 1. The fraction of sp³-hybridized carbons (Fsp3) is 0.357. The van der Waals surface area contributed by atoms with Gasteiger partial charge in [0.25, 0.3) is 0 Å². The Kier molecular flexibility index (Phi) is 6.50. The topological polar surface area (TPSA) is 159 Å². The van der Waals surface area contributed by atoms with Crippen LogP contribution in [0.3, 0.4) is 0 Å². The lowest BCUT2D eigenvalue weighted by Crippen LogP contribution is -2.45. The van der Waals surface area contributed by atoms with E-state index in [9.17, 15) is 24.7 Å². The largest absolute Gasteiger partial charge is 0.733 e. The maximum Gasteiger partial charge on any atom is 0.409 e. The molecule has 10 nitrogen and oxygen atoms in total. The molecular formula is C14H17N2O8-. The highest BCUT2D eigenvalue weighted by atomic mass is 16.8. The second-order valence-corrected chi connectivity index (χ2v) is 5.16. The van der Waals surface area contributed by atoms with Gasteiger partial charge in [0, 0.05) is 5.56 Å². The lowest BCUT2D eigenvalue weighted by molar-refractivity contribution is -0.147. The predicted molar refractivity (Wildman–Crippen MR) is 80.3 cm³/mol. The summed E-state index contributed by atoms with van der Waals surface area (Å²) in [6, 6.07) is 3.79. The first-order chi connectivity index (χ1) is 11.1. The second kappa shape index (κ2) is 8.13. The smallest absolute Gasteiger partial charge is 0.409 e. The van der Waals surface area contributed by atoms with Crippen LogP contribution in [0, 0.1) is 11.1 Å². The van der Waals surface area contributed by atoms with Gasteiger partial charge in [-0.1, -0.05) is 32.0 Å². The number of hydrogen-bond acceptors (Lipinski definition) is 7. The number of amides is 1. The number of nitrogens with one attached hydrogen (secondary N) is 1. The van der Waals surface area contributed by atoms with E-state index in [4.69, 9.17) is 15.1 Å². The van der Waals surface area contributed by atoms with E-state index in [0.29, 0.717) is 0 Å². The van der Waals surface area contributed by atoms with Gasteiger partial charge in [0.1, 0.15) is 6.04 Å². The molecule has 0 aliphatic carbocycles. The van der Waals surface area contributed by atoms with E-state index in [1.807, 2.05) is 5.32 Å². The maximum atomic E-state index is 11.8. The number of carboxylic acids is 2. The number of rotatable bonds is 7. The highest BCUT2D eigenvalue weighted by Gasteiger charge is 2.30. The quantitative estimate of drug-likeness (QED) is 0.536. The summed E-state index contributed by atoms with van der Waals surface area (Å²) in [5, 5.41) is 39.8. The van der Waals surface area contributed by atoms with Crippen LogP contribution in [-0.2, 0) is 14.3 Å². The number of hydrogen-bond donors (Lipinski definition) is 4. The molecule has 0 saturated carbocycles. The van der Waals surface area contributed by atoms with Crippen LogP contribution in [0.4, 0.5) is 10.5 Å². The van der Waals surface area contributed by atoms with Crippen LogP contribution in [0.15, 0.2) is 24.3 Å². The Labute approximate surface area is 136 Å². The van der Waals surface area contributed by atoms with Crippen LogP contribution in [0.25, 0.3) is 0 Å². The molecule has 0 aliphatic rings. The van der Waals surface area contributed by atoms with Crippen molar-refractivity contribution in [1.29, 1.82) is 0 Å². The minimum absolute atomic E-state index is 0.269. The van der Waals surface area contributed by atoms with E-state index in [-0.39, 0.29) is 5.56 Å². The van der Waals surface area contributed by atoms with Crippen LogP contribution < -0.4 is 10.5 Å². The number of carbonyl (C=O) groups excluding carboxylic acids is 1. The van der Waals surface area contributed by atoms with Crippen molar-refractivity contribution in [2.75, 3.05) is 5.23 Å². The Bertz CT molecular complexity index is 617. The number of para-hydroxylation sites is 1. The van der Waals surface area contributed by atoms with Crippen LogP contribution >= 0.6 is 0 Å². The molecule has 1 aromatic rings. The molecule has 0 spiro atoms. The van der Waals surface area contributed by atoms with Crippen LogP contribution in [0.5, 0.6) is 0 Å². The molecule has 0 saturated heterocycles. The van der Waals surface area contributed by atoms with Crippen molar-refractivity contribution in [3.63, 3.8) is 0 Å². The third-order valence-corrected chi connectivity index (χ3v) is 3.08. The number of anilines is 1. The van der Waals surface area contributed by atoms with E-state index in [2.05, 4.69) is 0 Å². The second-order valence-electron chi connectivity index (χ2n) is 5.16. The third kappa shape index (κ3) is 4.83. The van der Waals surface area contributed by atoms with Crippen molar-refractivity contribution in [3.05, 3.63) is 35.0 Å². The molecule has 10 heteroatoms. The Balaban J connectivity index is 3.01. The number of benzene rings is 1. The summed E-state index contributed by atoms with van der Waals surface area (Å²) in [4.78, 5) is 34.2. The zero-order valence-corrected chi connectivity index (χ0v) is 12.9. The van der Waals surface area contributed by atoms with Crippen LogP contribution in [-0.4, -0.2) is 39.5 Å². The first-order valence-corrected chi connectivity index (χ1v) is 6.83. The maximum absolute atomic E-state index is 11.8. The molecule has 0 aromatic heterocycles. The first-order valence-electron chi connectivity index (χ1n) is 6.83. The summed E-state index contributed by atoms with van der Waals surface area (Å²) in [7, 11) is 0. The molecule has 0 fully saturated rings. The minimum Gasteiger partial charge on any atom is -0.733 e. The normalized spacial score (nSPS) is 13.0. The van der Waals surface area contributed by atoms with E-state index in [1.54, 1.807) is 13.8 Å². The van der Waals surface area contributed by atoms with Crippen molar-refractivity contribution in [2.45, 2.75) is 26.0 Å². The molecule has 132 valence electrons. The van der Waals surface area contributed by atoms with Gasteiger partial charge in [0.15, 0.2) is 0 Å². The van der Waals surface area contributed by atoms with Crippen molar-refractivity contribution in [1.82, 2.24) is 5.32 Å². The Morgan fingerprint density at radius 1 is 1.17 bits per heavy atom. The Hall–Kier alpha value is -2.85. The van der Waals surface area contributed by atoms with Gasteiger partial charge >= 0.3 is 18.0 Å². The predicted octanol–water partition coefficient (Wildman–Crippen LogP) is 1.34. The lowest BCUT2D eigenvalue weighted by Gasteiger charge is -2.27. The molecule has 24 heavy (non-hydrogen) atoms. The van der Waals surface area contributed by atoms with Crippen LogP contribution in [0.1, 0.15) is 25.5 Å². The number of carbonyl (C=O) groups is 3. The van der Waals surface area contributed by atoms with Crippen molar-refractivity contribution in [2.24, 2.45) is 5.92 Å². The highest BCUT2D eigenvalue weighted by Crippen LogP contribution is 2.28. The molecular weight excluding hydrogens is 324 g/mol. The van der Waals surface area contributed by atoms with E-state index >= 15 is 0 Å². The zero-order valence-electron chi connectivity index (χ0n) is 12.9. The fourth-order valence-corrected chi connectivity index (χ4v) is 1.91. The van der Waals surface area contributed by atoms with E-state index in [1.165, 1.54) is 18.2 Å². The number of carboxylic acid groups (broad SMARTS) is 2. The molecule has 4 N–H and O–H groups in total. The van der Waals surface area contributed by atoms with Gasteiger partial charge in [-0.15, -0.1) is 0 Å². The van der Waals surface area contributed by atoms with Crippen LogP contribution in [0.2, 0.25) is 0 Å². The number of alkyl carbamates (subject to hydrolysis) is 1. The fourth-order valence-electron chi connectivity index (χ4n) is 1.91. The summed E-state index contributed by atoms with van der Waals surface area (Å²) in [6.07, 6.45) is -3.19. The SMILES string of the molecule is CC(C)[C@H](NC(=O)OC(C(=O)O)c1ccccc1N([O-])O)C(=O)O. The molecule has 0 radical (unpaired) electrons. The summed E-state index contributed by atoms with van der Waals surface area (Å²) < 4.78 is 4.73. The third-order valence-electron chi connectivity index (χ3n) is 3.08. The summed E-state index contributed by atoms with van der Waals surface area (Å²) in [5.41, 5.74) is -0.689. The first kappa shape index (κ1) is 19.2. The summed E-state index contributed by atoms with van der Waals surface area (Å²) >= 11 is 0. The minimum atomic E-state index is -1.91. The van der Waals surface area contributed by atoms with Crippen molar-refractivity contribution >= 4 is 23.7 Å². The molecule has 2 atom stereocenters. The van der Waals surface area contributed by atoms with E-state index in [0.717, 1.165) is 6.07 Å². The summed E-state index contributed by atoms with van der Waals surface area (Å²) in [5.74, 6) is -3.38. The van der Waals surface area contributed by atoms with Gasteiger partial charge in [-0.05, 0) is 12.0 Å². The van der Waals surface area contributed by atoms with Crippen molar-refractivity contribution in [3.8, 4) is 0 Å². The molecule has 1 amide bonds. The number of aliphatic carboxylic acids is 2. The van der Waals surface area contributed by atoms with Crippen molar-refractivity contribution < 1.29 is 34.5 Å². The van der Waals surface area contributed by atoms with E-state index < -0.39 is 47.0 Å². The average molecular weight is 341 g/mol. The van der Waals surface area contributed by atoms with Gasteiger partial charge < -0.3 is 30.7 Å². The number of nitrogens with zero attached hydrogens (tertiary/aromatic N) is 1. The van der Waals surface area contributed by atoms with Gasteiger partial charge in [0.2, 0.25) is 6.10 Å².